The van der Waals surface area contributed by atoms with Crippen LogP contribution in [0.4, 0.5) is 17.1 Å². The number of likely N-dealkylation sites (tertiary alicyclic amines) is 1. The molecule has 0 aromatic heterocycles. The minimum Gasteiger partial charge on any atom is -0.370 e. The van der Waals surface area contributed by atoms with Crippen LogP contribution in [0.15, 0.2) is 42.5 Å². The molecule has 1 N–H and O–H groups in total. The number of anilines is 3. The molecule has 174 valence electrons. The van der Waals surface area contributed by atoms with Crippen molar-refractivity contribution in [2.75, 3.05) is 41.3 Å². The summed E-state index contributed by atoms with van der Waals surface area (Å²) in [6, 6.07) is 15.0. The number of rotatable bonds is 5. The number of hydrogen-bond acceptors (Lipinski definition) is 4. The number of aryl methyl sites for hydroxylation is 1. The fraction of sp³-hybridized carbons (Fsp3) is 0.481. The number of nitrogens with zero attached hydrogens (tertiary/aromatic N) is 3. The molecule has 2 aromatic rings. The lowest BCUT2D eigenvalue weighted by Crippen LogP contribution is -2.39. The molecule has 3 aliphatic heterocycles. The summed E-state index contributed by atoms with van der Waals surface area (Å²) in [5.41, 5.74) is 4.60. The van der Waals surface area contributed by atoms with Crippen molar-refractivity contribution in [2.24, 2.45) is 0 Å². The van der Waals surface area contributed by atoms with Crippen LogP contribution in [-0.4, -0.2) is 55.0 Å². The normalized spacial score (nSPS) is 23.5. The van der Waals surface area contributed by atoms with Gasteiger partial charge >= 0.3 is 0 Å². The third kappa shape index (κ3) is 4.49. The molecule has 0 spiro atoms. The summed E-state index contributed by atoms with van der Waals surface area (Å²) in [5.74, 6) is 0.0246. The van der Waals surface area contributed by atoms with Gasteiger partial charge in [0, 0.05) is 60.8 Å². The molecule has 3 fully saturated rings. The van der Waals surface area contributed by atoms with Crippen LogP contribution in [0.2, 0.25) is 0 Å². The topological polar surface area (TPSA) is 55.9 Å². The molecule has 2 atom stereocenters. The van der Waals surface area contributed by atoms with E-state index in [1.54, 1.807) is 17.0 Å². The molecule has 2 unspecified atom stereocenters. The summed E-state index contributed by atoms with van der Waals surface area (Å²) in [5, 5.41) is 3.06. The molecule has 0 bridgehead atoms. The fourth-order valence-electron chi connectivity index (χ4n) is 5.64. The van der Waals surface area contributed by atoms with Crippen LogP contribution in [-0.2, 0) is 4.79 Å². The highest BCUT2D eigenvalue weighted by Crippen LogP contribution is 2.30. The number of amides is 2. The first kappa shape index (κ1) is 22.0. The van der Waals surface area contributed by atoms with Gasteiger partial charge in [-0.1, -0.05) is 0 Å². The average molecular weight is 447 g/mol. The van der Waals surface area contributed by atoms with Crippen molar-refractivity contribution in [2.45, 2.75) is 58.0 Å². The predicted octanol–water partition coefficient (Wildman–Crippen LogP) is 4.44. The highest BCUT2D eigenvalue weighted by Gasteiger charge is 2.33. The Morgan fingerprint density at radius 2 is 1.76 bits per heavy atom. The zero-order chi connectivity index (χ0) is 22.9. The van der Waals surface area contributed by atoms with E-state index in [-0.39, 0.29) is 11.8 Å². The van der Waals surface area contributed by atoms with E-state index in [1.807, 2.05) is 18.2 Å². The van der Waals surface area contributed by atoms with Gasteiger partial charge in [0.25, 0.3) is 5.91 Å². The van der Waals surface area contributed by atoms with Gasteiger partial charge in [0.2, 0.25) is 5.91 Å². The van der Waals surface area contributed by atoms with Crippen LogP contribution in [0.3, 0.4) is 0 Å². The SMILES string of the molecule is Cc1cc(N2CCC(N3CCCC3C)C2)ccc1NC(=O)c1ccc(N2CCCC2=O)cc1. The van der Waals surface area contributed by atoms with E-state index in [2.05, 4.69) is 41.1 Å². The van der Waals surface area contributed by atoms with Crippen LogP contribution >= 0.6 is 0 Å². The second kappa shape index (κ2) is 9.18. The summed E-state index contributed by atoms with van der Waals surface area (Å²) in [7, 11) is 0. The van der Waals surface area contributed by atoms with Gasteiger partial charge in [-0.05, 0) is 94.1 Å². The predicted molar refractivity (Wildman–Crippen MR) is 133 cm³/mol. The van der Waals surface area contributed by atoms with Gasteiger partial charge in [-0.2, -0.15) is 0 Å². The van der Waals surface area contributed by atoms with Gasteiger partial charge in [0.15, 0.2) is 0 Å². The smallest absolute Gasteiger partial charge is 0.255 e. The van der Waals surface area contributed by atoms with Crippen LogP contribution in [0.1, 0.15) is 54.9 Å². The fourth-order valence-corrected chi connectivity index (χ4v) is 5.64. The molecular weight excluding hydrogens is 412 g/mol. The minimum atomic E-state index is -0.130. The minimum absolute atomic E-state index is 0.130. The third-order valence-corrected chi connectivity index (χ3v) is 7.57. The zero-order valence-corrected chi connectivity index (χ0v) is 19.7. The number of nitrogens with one attached hydrogen (secondary N) is 1. The molecule has 2 amide bonds. The van der Waals surface area contributed by atoms with E-state index in [9.17, 15) is 9.59 Å². The van der Waals surface area contributed by atoms with Crippen molar-refractivity contribution >= 4 is 28.9 Å². The summed E-state index contributed by atoms with van der Waals surface area (Å²) in [6.07, 6.45) is 5.37. The first-order valence-corrected chi connectivity index (χ1v) is 12.3. The molecule has 3 heterocycles. The highest BCUT2D eigenvalue weighted by molar-refractivity contribution is 6.05. The van der Waals surface area contributed by atoms with E-state index < -0.39 is 0 Å². The van der Waals surface area contributed by atoms with Crippen molar-refractivity contribution in [3.8, 4) is 0 Å². The molecule has 0 saturated carbocycles. The highest BCUT2D eigenvalue weighted by atomic mass is 16.2. The Hall–Kier alpha value is -2.86. The summed E-state index contributed by atoms with van der Waals surface area (Å²) < 4.78 is 0. The summed E-state index contributed by atoms with van der Waals surface area (Å²) in [4.78, 5) is 31.7. The van der Waals surface area contributed by atoms with E-state index in [0.29, 0.717) is 24.1 Å². The lowest BCUT2D eigenvalue weighted by atomic mass is 10.1. The molecule has 3 aliphatic rings. The van der Waals surface area contributed by atoms with Gasteiger partial charge in [-0.25, -0.2) is 0 Å². The Kier molecular flexibility index (Phi) is 6.11. The summed E-state index contributed by atoms with van der Waals surface area (Å²) >= 11 is 0. The molecule has 2 aromatic carbocycles. The monoisotopic (exact) mass is 446 g/mol. The largest absolute Gasteiger partial charge is 0.370 e. The molecular formula is C27H34N4O2. The second-order valence-electron chi connectivity index (χ2n) is 9.77. The van der Waals surface area contributed by atoms with Gasteiger partial charge in [0.05, 0.1) is 0 Å². The van der Waals surface area contributed by atoms with Crippen molar-refractivity contribution in [3.05, 3.63) is 53.6 Å². The van der Waals surface area contributed by atoms with Gasteiger partial charge in [-0.15, -0.1) is 0 Å². The van der Waals surface area contributed by atoms with Crippen molar-refractivity contribution in [1.29, 1.82) is 0 Å². The maximum atomic E-state index is 12.8. The maximum Gasteiger partial charge on any atom is 0.255 e. The third-order valence-electron chi connectivity index (χ3n) is 7.57. The quantitative estimate of drug-likeness (QED) is 0.738. The van der Waals surface area contributed by atoms with Crippen LogP contribution < -0.4 is 15.1 Å². The van der Waals surface area contributed by atoms with E-state index in [1.165, 1.54) is 31.5 Å². The molecule has 6 heteroatoms. The molecule has 5 rings (SSSR count). The van der Waals surface area contributed by atoms with Crippen LogP contribution in [0.25, 0.3) is 0 Å². The zero-order valence-electron chi connectivity index (χ0n) is 19.7. The second-order valence-corrected chi connectivity index (χ2v) is 9.77. The first-order valence-electron chi connectivity index (χ1n) is 12.3. The summed E-state index contributed by atoms with van der Waals surface area (Å²) in [6.45, 7) is 8.57. The van der Waals surface area contributed by atoms with Gasteiger partial charge in [0.1, 0.15) is 0 Å². The maximum absolute atomic E-state index is 12.8. The molecule has 0 radical (unpaired) electrons. The first-order chi connectivity index (χ1) is 16.0. The van der Waals surface area contributed by atoms with E-state index >= 15 is 0 Å². The lowest BCUT2D eigenvalue weighted by Gasteiger charge is -2.28. The van der Waals surface area contributed by atoms with Gasteiger partial charge < -0.3 is 15.1 Å². The lowest BCUT2D eigenvalue weighted by molar-refractivity contribution is -0.117. The molecule has 33 heavy (non-hydrogen) atoms. The van der Waals surface area contributed by atoms with Crippen molar-refractivity contribution in [3.63, 3.8) is 0 Å². The Balaban J connectivity index is 1.22. The number of hydrogen-bond donors (Lipinski definition) is 1. The van der Waals surface area contributed by atoms with Crippen molar-refractivity contribution < 1.29 is 9.59 Å². The number of carbonyl (C=O) groups is 2. The van der Waals surface area contributed by atoms with Crippen LogP contribution in [0.5, 0.6) is 0 Å². The Bertz CT molecular complexity index is 1030. The molecule has 6 nitrogen and oxygen atoms in total. The standard InChI is InChI=1S/C27H34N4O2/c1-19-17-23(29-16-13-24(18-29)30-14-3-5-20(30)2)11-12-25(19)28-27(33)21-7-9-22(10-8-21)31-15-4-6-26(31)32/h7-12,17,20,24H,3-6,13-16,18H2,1-2H3,(H,28,33). The number of carbonyl (C=O) groups excluding carboxylic acids is 2. The van der Waals surface area contributed by atoms with Crippen LogP contribution in [0, 0.1) is 6.92 Å². The Labute approximate surface area is 196 Å². The average Bonchev–Trinajstić information content (AvgIpc) is 3.56. The van der Waals surface area contributed by atoms with E-state index in [4.69, 9.17) is 0 Å². The number of benzene rings is 2. The van der Waals surface area contributed by atoms with Gasteiger partial charge in [-0.3, -0.25) is 14.5 Å². The Morgan fingerprint density at radius 1 is 0.970 bits per heavy atom. The molecule has 0 aliphatic carbocycles. The van der Waals surface area contributed by atoms with Crippen molar-refractivity contribution in [1.82, 2.24) is 4.90 Å². The van der Waals surface area contributed by atoms with E-state index in [0.717, 1.165) is 43.0 Å². The molecule has 3 saturated heterocycles. The Morgan fingerprint density at radius 3 is 2.42 bits per heavy atom.